The lowest BCUT2D eigenvalue weighted by Gasteiger charge is -2.09. The number of hydrogen-bond donors (Lipinski definition) is 2. The second-order valence-corrected chi connectivity index (χ2v) is 4.01. The molecule has 2 aromatic rings. The van der Waals surface area contributed by atoms with E-state index in [2.05, 4.69) is 20.6 Å². The van der Waals surface area contributed by atoms with Gasteiger partial charge in [-0.25, -0.2) is 13.8 Å². The Morgan fingerprint density at radius 3 is 2.68 bits per heavy atom. The molecule has 2 N–H and O–H groups in total. The molecule has 0 radical (unpaired) electrons. The Kier molecular flexibility index (Phi) is 3.89. The Labute approximate surface area is 109 Å². The molecule has 1 aromatic carbocycles. The van der Waals surface area contributed by atoms with Crippen LogP contribution >= 0.6 is 0 Å². The molecule has 6 heteroatoms. The number of hydrogen-bond acceptors (Lipinski definition) is 4. The molecule has 1 heterocycles. The fourth-order valence-corrected chi connectivity index (χ4v) is 1.56. The topological polar surface area (TPSA) is 49.8 Å². The van der Waals surface area contributed by atoms with Gasteiger partial charge in [0, 0.05) is 12.2 Å². The zero-order valence-electron chi connectivity index (χ0n) is 10.7. The standard InChI is InChI=1S/C13H14F2N4/c1-3-16-13-17-7-11(15)12(19-13)18-9-4-5-10(14)8(2)6-9/h4-7H,3H2,1-2H3,(H2,16,17,18,19). The Morgan fingerprint density at radius 1 is 1.21 bits per heavy atom. The van der Waals surface area contributed by atoms with Crippen LogP contribution < -0.4 is 10.6 Å². The maximum Gasteiger partial charge on any atom is 0.224 e. The van der Waals surface area contributed by atoms with Crippen molar-refractivity contribution in [3.8, 4) is 0 Å². The van der Waals surface area contributed by atoms with Crippen molar-refractivity contribution < 1.29 is 8.78 Å². The van der Waals surface area contributed by atoms with Crippen molar-refractivity contribution in [3.05, 3.63) is 41.6 Å². The van der Waals surface area contributed by atoms with Crippen molar-refractivity contribution in [1.29, 1.82) is 0 Å². The molecule has 4 nitrogen and oxygen atoms in total. The molecule has 0 aliphatic heterocycles. The van der Waals surface area contributed by atoms with Crippen LogP contribution in [0.2, 0.25) is 0 Å². The molecule has 0 saturated heterocycles. The summed E-state index contributed by atoms with van der Waals surface area (Å²) in [7, 11) is 0. The number of nitrogens with zero attached hydrogens (tertiary/aromatic N) is 2. The van der Waals surface area contributed by atoms with Crippen molar-refractivity contribution in [2.75, 3.05) is 17.2 Å². The fraction of sp³-hybridized carbons (Fsp3) is 0.231. The summed E-state index contributed by atoms with van der Waals surface area (Å²) >= 11 is 0. The van der Waals surface area contributed by atoms with E-state index in [0.717, 1.165) is 6.20 Å². The number of anilines is 3. The van der Waals surface area contributed by atoms with Crippen molar-refractivity contribution >= 4 is 17.5 Å². The minimum absolute atomic E-state index is 0.0527. The maximum atomic E-state index is 13.6. The predicted molar refractivity (Wildman–Crippen MR) is 70.6 cm³/mol. The van der Waals surface area contributed by atoms with E-state index < -0.39 is 5.82 Å². The number of aromatic nitrogens is 2. The van der Waals surface area contributed by atoms with E-state index in [9.17, 15) is 8.78 Å². The van der Waals surface area contributed by atoms with Gasteiger partial charge in [-0.2, -0.15) is 4.98 Å². The summed E-state index contributed by atoms with van der Waals surface area (Å²) in [4.78, 5) is 7.81. The SMILES string of the molecule is CCNc1ncc(F)c(Nc2ccc(F)c(C)c2)n1. The van der Waals surface area contributed by atoms with Gasteiger partial charge in [0.05, 0.1) is 6.20 Å². The monoisotopic (exact) mass is 264 g/mol. The molecule has 0 unspecified atom stereocenters. The quantitative estimate of drug-likeness (QED) is 0.890. The van der Waals surface area contributed by atoms with E-state index in [-0.39, 0.29) is 11.6 Å². The van der Waals surface area contributed by atoms with Crippen LogP contribution in [0, 0.1) is 18.6 Å². The van der Waals surface area contributed by atoms with Crippen molar-refractivity contribution in [2.45, 2.75) is 13.8 Å². The smallest absolute Gasteiger partial charge is 0.224 e. The van der Waals surface area contributed by atoms with Gasteiger partial charge in [0.25, 0.3) is 0 Å². The molecule has 100 valence electrons. The van der Waals surface area contributed by atoms with Gasteiger partial charge in [0.15, 0.2) is 11.6 Å². The van der Waals surface area contributed by atoms with Crippen LogP contribution in [0.4, 0.5) is 26.2 Å². The zero-order chi connectivity index (χ0) is 13.8. The molecule has 0 atom stereocenters. The van der Waals surface area contributed by atoms with Crippen LogP contribution in [0.1, 0.15) is 12.5 Å². The number of rotatable bonds is 4. The average Bonchev–Trinajstić information content (AvgIpc) is 2.38. The van der Waals surface area contributed by atoms with Gasteiger partial charge >= 0.3 is 0 Å². The lowest BCUT2D eigenvalue weighted by Crippen LogP contribution is -2.06. The lowest BCUT2D eigenvalue weighted by atomic mass is 10.2. The number of benzene rings is 1. The third-order valence-corrected chi connectivity index (χ3v) is 2.50. The molecule has 2 rings (SSSR count). The Morgan fingerprint density at radius 2 is 2.00 bits per heavy atom. The van der Waals surface area contributed by atoms with E-state index in [1.165, 1.54) is 12.1 Å². The first-order valence-electron chi connectivity index (χ1n) is 5.89. The minimum Gasteiger partial charge on any atom is -0.354 e. The highest BCUT2D eigenvalue weighted by Crippen LogP contribution is 2.20. The van der Waals surface area contributed by atoms with Crippen molar-refractivity contribution in [3.63, 3.8) is 0 Å². The van der Waals surface area contributed by atoms with E-state index in [1.807, 2.05) is 6.92 Å². The number of halogens is 2. The Bertz CT molecular complexity index is 587. The third-order valence-electron chi connectivity index (χ3n) is 2.50. The molecular formula is C13H14F2N4. The summed E-state index contributed by atoms with van der Waals surface area (Å²) in [6, 6.07) is 4.43. The highest BCUT2D eigenvalue weighted by atomic mass is 19.1. The molecule has 19 heavy (non-hydrogen) atoms. The first-order chi connectivity index (χ1) is 9.10. The van der Waals surface area contributed by atoms with E-state index >= 15 is 0 Å². The van der Waals surface area contributed by atoms with Gasteiger partial charge < -0.3 is 10.6 Å². The molecule has 1 aromatic heterocycles. The average molecular weight is 264 g/mol. The maximum absolute atomic E-state index is 13.6. The zero-order valence-corrected chi connectivity index (χ0v) is 10.7. The normalized spacial score (nSPS) is 10.3. The third kappa shape index (κ3) is 3.15. The summed E-state index contributed by atoms with van der Waals surface area (Å²) in [5, 5.41) is 5.70. The molecule has 0 saturated carbocycles. The molecule has 0 fully saturated rings. The van der Waals surface area contributed by atoms with E-state index in [4.69, 9.17) is 0 Å². The summed E-state index contributed by atoms with van der Waals surface area (Å²) in [5.41, 5.74) is 1.05. The first-order valence-corrected chi connectivity index (χ1v) is 5.89. The largest absolute Gasteiger partial charge is 0.354 e. The molecule has 0 spiro atoms. The van der Waals surface area contributed by atoms with Gasteiger partial charge in [0.1, 0.15) is 5.82 Å². The lowest BCUT2D eigenvalue weighted by molar-refractivity contribution is 0.617. The molecule has 0 amide bonds. The Balaban J connectivity index is 2.26. The number of nitrogens with one attached hydrogen (secondary N) is 2. The number of aryl methyl sites for hydroxylation is 1. The second kappa shape index (κ2) is 5.60. The predicted octanol–water partition coefficient (Wildman–Crippen LogP) is 3.24. The first kappa shape index (κ1) is 13.2. The van der Waals surface area contributed by atoms with Gasteiger partial charge in [-0.15, -0.1) is 0 Å². The van der Waals surface area contributed by atoms with Crippen LogP contribution in [0.5, 0.6) is 0 Å². The fourth-order valence-electron chi connectivity index (χ4n) is 1.56. The molecular weight excluding hydrogens is 250 g/mol. The van der Waals surface area contributed by atoms with Gasteiger partial charge in [0.2, 0.25) is 5.95 Å². The van der Waals surface area contributed by atoms with E-state index in [0.29, 0.717) is 23.7 Å². The van der Waals surface area contributed by atoms with Gasteiger partial charge in [-0.1, -0.05) is 0 Å². The highest BCUT2D eigenvalue weighted by molar-refractivity contribution is 5.58. The van der Waals surface area contributed by atoms with Crippen LogP contribution in [-0.2, 0) is 0 Å². The molecule has 0 aliphatic rings. The summed E-state index contributed by atoms with van der Waals surface area (Å²) < 4.78 is 26.7. The summed E-state index contributed by atoms with van der Waals surface area (Å²) in [6.07, 6.45) is 1.09. The van der Waals surface area contributed by atoms with Crippen molar-refractivity contribution in [1.82, 2.24) is 9.97 Å². The van der Waals surface area contributed by atoms with Crippen LogP contribution in [0.15, 0.2) is 24.4 Å². The molecule has 0 bridgehead atoms. The van der Waals surface area contributed by atoms with Crippen molar-refractivity contribution in [2.24, 2.45) is 0 Å². The van der Waals surface area contributed by atoms with Crippen LogP contribution in [-0.4, -0.2) is 16.5 Å². The Hall–Kier alpha value is -2.24. The second-order valence-electron chi connectivity index (χ2n) is 4.01. The van der Waals surface area contributed by atoms with Gasteiger partial charge in [-0.3, -0.25) is 0 Å². The van der Waals surface area contributed by atoms with Crippen LogP contribution in [0.3, 0.4) is 0 Å². The van der Waals surface area contributed by atoms with E-state index in [1.54, 1.807) is 13.0 Å². The molecule has 0 aliphatic carbocycles. The summed E-state index contributed by atoms with van der Waals surface area (Å²) in [6.45, 7) is 4.17. The van der Waals surface area contributed by atoms with Gasteiger partial charge in [-0.05, 0) is 37.6 Å². The summed E-state index contributed by atoms with van der Waals surface area (Å²) in [5.74, 6) is -0.479. The minimum atomic E-state index is -0.566. The van der Waals surface area contributed by atoms with Crippen LogP contribution in [0.25, 0.3) is 0 Å². The highest BCUT2D eigenvalue weighted by Gasteiger charge is 2.07.